The molecule has 2 N–H and O–H groups in total. The van der Waals surface area contributed by atoms with Crippen LogP contribution < -0.4 is 19.9 Å². The number of nitrogens with one attached hydrogen (secondary N) is 2. The Bertz CT molecular complexity index is 861. The van der Waals surface area contributed by atoms with Crippen molar-refractivity contribution in [2.45, 2.75) is 26.7 Å². The van der Waals surface area contributed by atoms with Crippen molar-refractivity contribution in [1.82, 2.24) is 0 Å². The maximum Gasteiger partial charge on any atom is 0.262 e. The number of hydrogen-bond donors (Lipinski definition) is 2. The van der Waals surface area contributed by atoms with Crippen molar-refractivity contribution in [3.05, 3.63) is 52.5 Å². The third kappa shape index (κ3) is 5.64. The largest absolute Gasteiger partial charge is 0.483 e. The summed E-state index contributed by atoms with van der Waals surface area (Å²) in [7, 11) is 2.21. The Kier molecular flexibility index (Phi) is 7.04. The van der Waals surface area contributed by atoms with Crippen LogP contribution in [0, 0.1) is 6.92 Å². The first-order chi connectivity index (χ1) is 13.8. The first kappa shape index (κ1) is 21.5. The lowest BCUT2D eigenvalue weighted by atomic mass is 10.0. The summed E-state index contributed by atoms with van der Waals surface area (Å²) in [6.45, 7) is 10.4. The average Bonchev–Trinajstić information content (AvgIpc) is 2.67. The van der Waals surface area contributed by atoms with Crippen LogP contribution in [0.5, 0.6) is 5.75 Å². The maximum absolute atomic E-state index is 12.4. The van der Waals surface area contributed by atoms with Crippen LogP contribution in [-0.2, 0) is 4.79 Å². The van der Waals surface area contributed by atoms with E-state index in [1.807, 2.05) is 31.2 Å². The van der Waals surface area contributed by atoms with Crippen LogP contribution in [0.4, 0.5) is 11.4 Å². The summed E-state index contributed by atoms with van der Waals surface area (Å²) < 4.78 is 5.82. The fourth-order valence-electron chi connectivity index (χ4n) is 3.55. The van der Waals surface area contributed by atoms with Gasteiger partial charge in [0.15, 0.2) is 6.61 Å². The summed E-state index contributed by atoms with van der Waals surface area (Å²) in [5.41, 5.74) is 3.91. The molecule has 1 aliphatic rings. The quantitative estimate of drug-likeness (QED) is 0.760. The number of anilines is 2. The molecule has 0 aliphatic carbocycles. The van der Waals surface area contributed by atoms with Crippen molar-refractivity contribution in [1.29, 1.82) is 0 Å². The Morgan fingerprint density at radius 1 is 1.21 bits per heavy atom. The van der Waals surface area contributed by atoms with E-state index < -0.39 is 0 Å². The lowest BCUT2D eigenvalue weighted by Gasteiger charge is -2.32. The number of benzene rings is 2. The third-order valence-corrected chi connectivity index (χ3v) is 5.64. The van der Waals surface area contributed by atoms with Gasteiger partial charge in [-0.3, -0.25) is 4.79 Å². The third-order valence-electron chi connectivity index (χ3n) is 5.34. The number of ether oxygens (including phenoxy) is 1. The van der Waals surface area contributed by atoms with Gasteiger partial charge in [0, 0.05) is 5.69 Å². The lowest BCUT2D eigenvalue weighted by Crippen LogP contribution is -3.12. The van der Waals surface area contributed by atoms with E-state index in [-0.39, 0.29) is 12.5 Å². The Hall–Kier alpha value is -2.24. The number of halogens is 1. The van der Waals surface area contributed by atoms with Gasteiger partial charge < -0.3 is 19.9 Å². The van der Waals surface area contributed by atoms with E-state index in [0.717, 1.165) is 48.7 Å². The topological polar surface area (TPSA) is 46.0 Å². The number of piperazine rings is 1. The van der Waals surface area contributed by atoms with Crippen LogP contribution >= 0.6 is 11.6 Å². The van der Waals surface area contributed by atoms with Crippen LogP contribution in [-0.4, -0.2) is 45.7 Å². The van der Waals surface area contributed by atoms with Crippen LogP contribution in [0.2, 0.25) is 5.02 Å². The molecule has 0 bridgehead atoms. The normalized spacial score (nSPS) is 14.9. The van der Waals surface area contributed by atoms with E-state index in [2.05, 4.69) is 43.2 Å². The van der Waals surface area contributed by atoms with Gasteiger partial charge in [0.05, 0.1) is 43.9 Å². The highest BCUT2D eigenvalue weighted by atomic mass is 35.5. The minimum atomic E-state index is -0.201. The standard InChI is InChI=1S/C23H30ClN3O2/c1-16(2)19-7-5-17(3)13-22(19)29-15-23(28)25-18-6-8-21(20(24)14-18)27-11-9-26(4)10-12-27/h5-8,13-14,16H,9-12,15H2,1-4H3,(H,25,28)/p+1. The van der Waals surface area contributed by atoms with E-state index in [1.165, 1.54) is 4.90 Å². The van der Waals surface area contributed by atoms with Gasteiger partial charge in [-0.05, 0) is 48.2 Å². The molecule has 0 aromatic heterocycles. The molecule has 0 spiro atoms. The molecule has 1 heterocycles. The number of rotatable bonds is 6. The molecule has 3 rings (SSSR count). The van der Waals surface area contributed by atoms with Crippen LogP contribution in [0.15, 0.2) is 36.4 Å². The lowest BCUT2D eigenvalue weighted by molar-refractivity contribution is -0.880. The molecule has 29 heavy (non-hydrogen) atoms. The summed E-state index contributed by atoms with van der Waals surface area (Å²) in [5.74, 6) is 0.894. The summed E-state index contributed by atoms with van der Waals surface area (Å²) >= 11 is 6.50. The summed E-state index contributed by atoms with van der Waals surface area (Å²) in [4.78, 5) is 16.2. The number of amides is 1. The van der Waals surface area contributed by atoms with Gasteiger partial charge in [-0.1, -0.05) is 37.6 Å². The SMILES string of the molecule is Cc1ccc(C(C)C)c(OCC(=O)Nc2ccc(N3CC[NH+](C)CC3)c(Cl)c2)c1. The molecule has 0 saturated carbocycles. The number of carbonyl (C=O) groups excluding carboxylic acids is 1. The first-order valence-corrected chi connectivity index (χ1v) is 10.6. The van der Waals surface area contributed by atoms with Gasteiger partial charge in [0.1, 0.15) is 5.75 Å². The van der Waals surface area contributed by atoms with Crippen molar-refractivity contribution < 1.29 is 14.4 Å². The molecule has 0 unspecified atom stereocenters. The Morgan fingerprint density at radius 3 is 2.59 bits per heavy atom. The van der Waals surface area contributed by atoms with Crippen molar-refractivity contribution >= 4 is 28.9 Å². The fraction of sp³-hybridized carbons (Fsp3) is 0.435. The second-order valence-corrected chi connectivity index (χ2v) is 8.55. The molecule has 0 radical (unpaired) electrons. The zero-order valence-corrected chi connectivity index (χ0v) is 18.5. The average molecular weight is 417 g/mol. The fourth-order valence-corrected chi connectivity index (χ4v) is 3.85. The molecule has 1 amide bonds. The van der Waals surface area contributed by atoms with E-state index in [0.29, 0.717) is 16.6 Å². The minimum Gasteiger partial charge on any atom is -0.483 e. The van der Waals surface area contributed by atoms with Gasteiger partial charge in [0.25, 0.3) is 5.91 Å². The van der Waals surface area contributed by atoms with E-state index in [1.54, 1.807) is 0 Å². The molecule has 156 valence electrons. The Balaban J connectivity index is 1.60. The first-order valence-electron chi connectivity index (χ1n) is 10.2. The predicted octanol–water partition coefficient (Wildman–Crippen LogP) is 3.12. The number of hydrogen-bond acceptors (Lipinski definition) is 3. The predicted molar refractivity (Wildman–Crippen MR) is 120 cm³/mol. The van der Waals surface area contributed by atoms with Gasteiger partial charge >= 0.3 is 0 Å². The highest BCUT2D eigenvalue weighted by Gasteiger charge is 2.19. The van der Waals surface area contributed by atoms with Crippen molar-refractivity contribution in [2.24, 2.45) is 0 Å². The van der Waals surface area contributed by atoms with E-state index in [9.17, 15) is 4.79 Å². The number of quaternary nitrogens is 1. The van der Waals surface area contributed by atoms with Crippen LogP contribution in [0.1, 0.15) is 30.9 Å². The van der Waals surface area contributed by atoms with Crippen molar-refractivity contribution in [2.75, 3.05) is 50.1 Å². The molecule has 2 aromatic rings. The summed E-state index contributed by atoms with van der Waals surface area (Å²) in [6.07, 6.45) is 0. The molecule has 1 aliphatic heterocycles. The van der Waals surface area contributed by atoms with Crippen molar-refractivity contribution in [3.63, 3.8) is 0 Å². The summed E-state index contributed by atoms with van der Waals surface area (Å²) in [5, 5.41) is 3.54. The zero-order chi connectivity index (χ0) is 21.0. The van der Waals surface area contributed by atoms with E-state index in [4.69, 9.17) is 16.3 Å². The number of aryl methyl sites for hydroxylation is 1. The number of carbonyl (C=O) groups is 1. The van der Waals surface area contributed by atoms with E-state index >= 15 is 0 Å². The Morgan fingerprint density at radius 2 is 1.93 bits per heavy atom. The molecule has 2 aromatic carbocycles. The van der Waals surface area contributed by atoms with Crippen LogP contribution in [0.3, 0.4) is 0 Å². The van der Waals surface area contributed by atoms with Crippen LogP contribution in [0.25, 0.3) is 0 Å². The second kappa shape index (κ2) is 9.51. The highest BCUT2D eigenvalue weighted by Crippen LogP contribution is 2.29. The molecule has 6 heteroatoms. The smallest absolute Gasteiger partial charge is 0.262 e. The minimum absolute atomic E-state index is 0.0379. The van der Waals surface area contributed by atoms with Gasteiger partial charge in [-0.2, -0.15) is 0 Å². The molecule has 1 saturated heterocycles. The van der Waals surface area contributed by atoms with Gasteiger partial charge in [-0.15, -0.1) is 0 Å². The summed E-state index contributed by atoms with van der Waals surface area (Å²) in [6, 6.07) is 11.8. The molecule has 0 atom stereocenters. The number of nitrogens with zero attached hydrogens (tertiary/aromatic N) is 1. The number of likely N-dealkylation sites (N-methyl/N-ethyl adjacent to an activating group) is 1. The van der Waals surface area contributed by atoms with Crippen molar-refractivity contribution in [3.8, 4) is 5.75 Å². The highest BCUT2D eigenvalue weighted by molar-refractivity contribution is 6.33. The molecule has 1 fully saturated rings. The Labute approximate surface area is 178 Å². The zero-order valence-electron chi connectivity index (χ0n) is 17.7. The van der Waals surface area contributed by atoms with Gasteiger partial charge in [0.2, 0.25) is 0 Å². The second-order valence-electron chi connectivity index (χ2n) is 8.14. The molecule has 5 nitrogen and oxygen atoms in total. The molecular weight excluding hydrogens is 386 g/mol. The maximum atomic E-state index is 12.4. The van der Waals surface area contributed by atoms with Gasteiger partial charge in [-0.25, -0.2) is 0 Å². The monoisotopic (exact) mass is 416 g/mol. The molecular formula is C23H31ClN3O2+.